The van der Waals surface area contributed by atoms with Gasteiger partial charge in [0, 0.05) is 38.6 Å². The molecule has 0 atom stereocenters. The Balaban J connectivity index is 1.82. The summed E-state index contributed by atoms with van der Waals surface area (Å²) in [5, 5.41) is 0.0634. The van der Waals surface area contributed by atoms with Crippen molar-refractivity contribution in [2.75, 3.05) is 25.0 Å². The number of pyridine rings is 1. The van der Waals surface area contributed by atoms with Crippen LogP contribution in [0.5, 0.6) is 0 Å². The third-order valence-corrected chi connectivity index (χ3v) is 6.11. The number of aromatic nitrogens is 3. The predicted octanol–water partition coefficient (Wildman–Crippen LogP) is 1.69. The molecule has 172 valence electrons. The Morgan fingerprint density at radius 2 is 1.73 bits per heavy atom. The van der Waals surface area contributed by atoms with E-state index in [1.54, 1.807) is 49.2 Å². The zero-order valence-corrected chi connectivity index (χ0v) is 19.1. The fourth-order valence-corrected chi connectivity index (χ4v) is 4.22. The van der Waals surface area contributed by atoms with Crippen LogP contribution >= 0.6 is 0 Å². The lowest BCUT2D eigenvalue weighted by Crippen LogP contribution is -2.45. The molecule has 1 aliphatic heterocycles. The lowest BCUT2D eigenvalue weighted by molar-refractivity contribution is -0.119. The predicted molar refractivity (Wildman–Crippen MR) is 126 cm³/mol. The summed E-state index contributed by atoms with van der Waals surface area (Å²) >= 11 is 0. The minimum absolute atomic E-state index is 0.0634. The van der Waals surface area contributed by atoms with Crippen LogP contribution in [0.15, 0.2) is 46.0 Å². The first-order valence-corrected chi connectivity index (χ1v) is 11.0. The van der Waals surface area contributed by atoms with E-state index < -0.39 is 23.7 Å². The van der Waals surface area contributed by atoms with Gasteiger partial charge in [-0.25, -0.2) is 9.78 Å². The number of rotatable bonds is 4. The van der Waals surface area contributed by atoms with Crippen molar-refractivity contribution in [2.24, 2.45) is 7.05 Å². The lowest BCUT2D eigenvalue weighted by Gasteiger charge is -2.27. The molecular formula is C24H27N5O4. The molecule has 0 bridgehead atoms. The number of likely N-dealkylation sites (tertiary alicyclic amines) is 1. The van der Waals surface area contributed by atoms with Gasteiger partial charge in [0.25, 0.3) is 11.5 Å². The van der Waals surface area contributed by atoms with Gasteiger partial charge >= 0.3 is 5.69 Å². The number of fused-ring (bicyclic) bond motifs is 1. The molecule has 1 saturated heterocycles. The number of piperidine rings is 1. The van der Waals surface area contributed by atoms with Crippen LogP contribution in [0.25, 0.3) is 11.0 Å². The van der Waals surface area contributed by atoms with Crippen molar-refractivity contribution in [3.8, 4) is 0 Å². The molecule has 0 N–H and O–H groups in total. The Kier molecular flexibility index (Phi) is 6.13. The van der Waals surface area contributed by atoms with Crippen LogP contribution in [0.4, 0.5) is 5.69 Å². The number of benzene rings is 1. The number of para-hydroxylation sites is 1. The Labute approximate surface area is 190 Å². The van der Waals surface area contributed by atoms with Crippen LogP contribution < -0.4 is 16.1 Å². The Hall–Kier alpha value is -3.75. The molecule has 0 spiro atoms. The smallest absolute Gasteiger partial charge is 0.332 e. The van der Waals surface area contributed by atoms with Crippen LogP contribution in [0.1, 0.15) is 35.3 Å². The third kappa shape index (κ3) is 4.18. The van der Waals surface area contributed by atoms with E-state index in [0.717, 1.165) is 23.8 Å². The number of carbonyl (C=O) groups is 2. The molecule has 1 aromatic carbocycles. The minimum atomic E-state index is -0.684. The van der Waals surface area contributed by atoms with Crippen LogP contribution in [-0.2, 0) is 18.4 Å². The molecule has 3 heterocycles. The van der Waals surface area contributed by atoms with Gasteiger partial charge in [-0.05, 0) is 44.4 Å². The van der Waals surface area contributed by atoms with Gasteiger partial charge in [0.05, 0.1) is 10.9 Å². The maximum atomic E-state index is 13.5. The second-order valence-electron chi connectivity index (χ2n) is 8.38. The molecule has 3 aromatic rings. The first-order chi connectivity index (χ1) is 15.8. The van der Waals surface area contributed by atoms with E-state index in [1.165, 1.54) is 16.5 Å². The highest BCUT2D eigenvalue weighted by Crippen LogP contribution is 2.19. The molecule has 0 saturated carbocycles. The number of amides is 2. The van der Waals surface area contributed by atoms with Crippen molar-refractivity contribution in [3.05, 3.63) is 68.5 Å². The summed E-state index contributed by atoms with van der Waals surface area (Å²) in [6, 6.07) is 10.6. The molecule has 2 amide bonds. The van der Waals surface area contributed by atoms with Crippen molar-refractivity contribution in [3.63, 3.8) is 0 Å². The van der Waals surface area contributed by atoms with Crippen molar-refractivity contribution < 1.29 is 9.59 Å². The maximum absolute atomic E-state index is 13.5. The molecule has 9 nitrogen and oxygen atoms in total. The average Bonchev–Trinajstić information content (AvgIpc) is 2.84. The van der Waals surface area contributed by atoms with E-state index in [-0.39, 0.29) is 22.5 Å². The van der Waals surface area contributed by atoms with Gasteiger partial charge < -0.3 is 9.80 Å². The number of likely N-dealkylation sites (N-methyl/N-ethyl adjacent to an activating group) is 1. The van der Waals surface area contributed by atoms with Gasteiger partial charge in [0.2, 0.25) is 5.91 Å². The van der Waals surface area contributed by atoms with E-state index >= 15 is 0 Å². The van der Waals surface area contributed by atoms with E-state index in [9.17, 15) is 19.2 Å². The Bertz CT molecular complexity index is 1340. The monoisotopic (exact) mass is 449 g/mol. The average molecular weight is 450 g/mol. The standard InChI is InChI=1S/C24H27N5O4/c1-16-14-18(22(31)28-12-8-5-9-13-28)20-21(25-16)27(3)24(33)29(23(20)32)15-19(30)26(2)17-10-6-4-7-11-17/h4,6-7,10-11,14H,5,8-9,12-13,15H2,1-3H3. The number of carbonyl (C=O) groups excluding carboxylic acids is 2. The number of nitrogens with zero attached hydrogens (tertiary/aromatic N) is 5. The lowest BCUT2D eigenvalue weighted by atomic mass is 10.1. The van der Waals surface area contributed by atoms with Crippen molar-refractivity contribution in [1.29, 1.82) is 0 Å². The summed E-state index contributed by atoms with van der Waals surface area (Å²) in [6.45, 7) is 2.53. The summed E-state index contributed by atoms with van der Waals surface area (Å²) < 4.78 is 2.11. The molecule has 0 radical (unpaired) electrons. The Morgan fingerprint density at radius 1 is 1.06 bits per heavy atom. The van der Waals surface area contributed by atoms with Crippen LogP contribution in [0.2, 0.25) is 0 Å². The maximum Gasteiger partial charge on any atom is 0.332 e. The van der Waals surface area contributed by atoms with Crippen LogP contribution in [-0.4, -0.2) is 51.0 Å². The largest absolute Gasteiger partial charge is 0.339 e. The molecule has 0 aliphatic carbocycles. The minimum Gasteiger partial charge on any atom is -0.339 e. The number of hydrogen-bond donors (Lipinski definition) is 0. The van der Waals surface area contributed by atoms with E-state index in [0.29, 0.717) is 24.5 Å². The second-order valence-corrected chi connectivity index (χ2v) is 8.38. The summed E-state index contributed by atoms with van der Waals surface area (Å²) in [5.74, 6) is -0.677. The SMILES string of the molecule is Cc1cc(C(=O)N2CCCCC2)c2c(=O)n(CC(=O)N(C)c3ccccc3)c(=O)n(C)c2n1. The number of aryl methyl sites for hydroxylation is 2. The normalized spacial score (nSPS) is 13.8. The molecule has 4 rings (SSSR count). The molecule has 1 aliphatic rings. The molecular weight excluding hydrogens is 422 g/mol. The number of anilines is 1. The van der Waals surface area contributed by atoms with Gasteiger partial charge in [0.15, 0.2) is 0 Å². The van der Waals surface area contributed by atoms with Gasteiger partial charge in [-0.3, -0.25) is 23.5 Å². The van der Waals surface area contributed by atoms with E-state index in [4.69, 9.17) is 0 Å². The molecule has 9 heteroatoms. The zero-order valence-electron chi connectivity index (χ0n) is 19.1. The molecule has 1 fully saturated rings. The van der Waals surface area contributed by atoms with E-state index in [1.807, 2.05) is 6.07 Å². The molecule has 0 unspecified atom stereocenters. The highest BCUT2D eigenvalue weighted by Gasteiger charge is 2.25. The summed E-state index contributed by atoms with van der Waals surface area (Å²) in [7, 11) is 3.08. The summed E-state index contributed by atoms with van der Waals surface area (Å²) in [6.07, 6.45) is 2.89. The first-order valence-electron chi connectivity index (χ1n) is 11.0. The molecule has 2 aromatic heterocycles. The summed E-state index contributed by atoms with van der Waals surface area (Å²) in [4.78, 5) is 60.2. The van der Waals surface area contributed by atoms with Gasteiger partial charge in [-0.2, -0.15) is 0 Å². The van der Waals surface area contributed by atoms with Crippen molar-refractivity contribution in [1.82, 2.24) is 19.0 Å². The van der Waals surface area contributed by atoms with Gasteiger partial charge in [-0.1, -0.05) is 18.2 Å². The highest BCUT2D eigenvalue weighted by atomic mass is 16.2. The van der Waals surface area contributed by atoms with Gasteiger partial charge in [0.1, 0.15) is 12.2 Å². The highest BCUT2D eigenvalue weighted by molar-refractivity contribution is 6.05. The number of hydrogen-bond acceptors (Lipinski definition) is 5. The van der Waals surface area contributed by atoms with Crippen molar-refractivity contribution in [2.45, 2.75) is 32.7 Å². The second kappa shape index (κ2) is 9.01. The van der Waals surface area contributed by atoms with E-state index in [2.05, 4.69) is 4.98 Å². The topological polar surface area (TPSA) is 97.5 Å². The third-order valence-electron chi connectivity index (χ3n) is 6.11. The van der Waals surface area contributed by atoms with Crippen LogP contribution in [0.3, 0.4) is 0 Å². The van der Waals surface area contributed by atoms with Crippen LogP contribution in [0, 0.1) is 6.92 Å². The molecule has 33 heavy (non-hydrogen) atoms. The van der Waals surface area contributed by atoms with Crippen molar-refractivity contribution >= 4 is 28.5 Å². The Morgan fingerprint density at radius 3 is 2.39 bits per heavy atom. The zero-order chi connectivity index (χ0) is 23.7. The fourth-order valence-electron chi connectivity index (χ4n) is 4.22. The summed E-state index contributed by atoms with van der Waals surface area (Å²) in [5.41, 5.74) is 0.206. The quantitative estimate of drug-likeness (QED) is 0.604. The first kappa shape index (κ1) is 22.4. The fraction of sp³-hybridized carbons (Fsp3) is 0.375. The van der Waals surface area contributed by atoms with Gasteiger partial charge in [-0.15, -0.1) is 0 Å².